The number of hydrogen-bond acceptors (Lipinski definition) is 3. The number of fused-ring (bicyclic) bond motifs is 1. The van der Waals surface area contributed by atoms with Crippen molar-refractivity contribution in [1.82, 2.24) is 19.9 Å². The van der Waals surface area contributed by atoms with Crippen molar-refractivity contribution in [2.24, 2.45) is 0 Å². The van der Waals surface area contributed by atoms with Crippen molar-refractivity contribution in [3.63, 3.8) is 0 Å². The van der Waals surface area contributed by atoms with Crippen LogP contribution in [-0.2, 0) is 3.79 Å². The van der Waals surface area contributed by atoms with E-state index in [-0.39, 0.29) is 5.82 Å². The van der Waals surface area contributed by atoms with E-state index in [1.807, 2.05) is 0 Å². The molecule has 13 heavy (non-hydrogen) atoms. The van der Waals surface area contributed by atoms with Crippen LogP contribution in [0, 0.1) is 0 Å². The Morgan fingerprint density at radius 2 is 2.00 bits per heavy atom. The van der Waals surface area contributed by atoms with Gasteiger partial charge in [0.2, 0.25) is 3.79 Å². The molecule has 0 saturated carbocycles. The van der Waals surface area contributed by atoms with Gasteiger partial charge >= 0.3 is 0 Å². The third-order valence-electron chi connectivity index (χ3n) is 1.43. The van der Waals surface area contributed by atoms with Gasteiger partial charge in [0.15, 0.2) is 11.5 Å². The fraction of sp³-hybridized carbons (Fsp3) is 0.167. The normalized spacial score (nSPS) is 12.2. The van der Waals surface area contributed by atoms with Crippen molar-refractivity contribution in [1.29, 1.82) is 0 Å². The highest BCUT2D eigenvalue weighted by atomic mass is 35.6. The number of alkyl halides is 3. The van der Waals surface area contributed by atoms with E-state index in [1.165, 1.54) is 12.5 Å². The second-order valence-corrected chi connectivity index (χ2v) is 4.61. The van der Waals surface area contributed by atoms with Crippen LogP contribution in [0.2, 0.25) is 0 Å². The van der Waals surface area contributed by atoms with E-state index in [0.717, 1.165) is 0 Å². The van der Waals surface area contributed by atoms with Gasteiger partial charge in [-0.25, -0.2) is 15.0 Å². The monoisotopic (exact) mass is 236 g/mol. The standard InChI is InChI=1S/C6H3Cl3N4/c7-6(8,9)5-10-1-3-4(13-5)12-2-11-3/h1-2H,(H,10,11,12,13). The smallest absolute Gasteiger partial charge is 0.250 e. The largest absolute Gasteiger partial charge is 0.329 e. The van der Waals surface area contributed by atoms with Gasteiger partial charge in [-0.2, -0.15) is 0 Å². The van der Waals surface area contributed by atoms with Crippen molar-refractivity contribution in [2.75, 3.05) is 0 Å². The number of imidazole rings is 1. The number of aromatic amines is 1. The molecule has 2 rings (SSSR count). The predicted octanol–water partition coefficient (Wildman–Crippen LogP) is 2.18. The first kappa shape index (κ1) is 8.99. The van der Waals surface area contributed by atoms with E-state index >= 15 is 0 Å². The van der Waals surface area contributed by atoms with Crippen molar-refractivity contribution >= 4 is 46.0 Å². The quantitative estimate of drug-likeness (QED) is 0.715. The lowest BCUT2D eigenvalue weighted by Gasteiger charge is -2.07. The average molecular weight is 237 g/mol. The Balaban J connectivity index is 2.61. The first-order valence-electron chi connectivity index (χ1n) is 3.31. The second-order valence-electron chi connectivity index (χ2n) is 2.33. The summed E-state index contributed by atoms with van der Waals surface area (Å²) in [7, 11) is 0. The van der Waals surface area contributed by atoms with Gasteiger partial charge in [-0.05, 0) is 0 Å². The molecule has 0 atom stereocenters. The first-order valence-corrected chi connectivity index (χ1v) is 4.44. The Hall–Kier alpha value is -0.580. The maximum atomic E-state index is 5.60. The van der Waals surface area contributed by atoms with Crippen LogP contribution in [0.25, 0.3) is 11.2 Å². The van der Waals surface area contributed by atoms with E-state index in [2.05, 4.69) is 19.9 Å². The van der Waals surface area contributed by atoms with Crippen LogP contribution in [0.3, 0.4) is 0 Å². The van der Waals surface area contributed by atoms with Gasteiger partial charge in [0.25, 0.3) is 0 Å². The first-order chi connectivity index (χ1) is 6.07. The predicted molar refractivity (Wildman–Crippen MR) is 50.9 cm³/mol. The lowest BCUT2D eigenvalue weighted by molar-refractivity contribution is 0.989. The maximum Gasteiger partial charge on any atom is 0.250 e. The molecule has 0 aliphatic carbocycles. The Morgan fingerprint density at radius 3 is 2.69 bits per heavy atom. The minimum atomic E-state index is -1.60. The van der Waals surface area contributed by atoms with E-state index in [0.29, 0.717) is 11.2 Å². The second kappa shape index (κ2) is 2.97. The molecule has 7 heteroatoms. The summed E-state index contributed by atoms with van der Waals surface area (Å²) in [6.45, 7) is 0. The molecule has 0 amide bonds. The van der Waals surface area contributed by atoms with E-state index in [9.17, 15) is 0 Å². The minimum Gasteiger partial charge on any atom is -0.329 e. The van der Waals surface area contributed by atoms with Gasteiger partial charge in [0.1, 0.15) is 5.52 Å². The number of halogens is 3. The fourth-order valence-electron chi connectivity index (χ4n) is 0.876. The van der Waals surface area contributed by atoms with Crippen LogP contribution in [0.1, 0.15) is 5.82 Å². The molecule has 0 fully saturated rings. The van der Waals surface area contributed by atoms with Crippen molar-refractivity contribution in [3.05, 3.63) is 18.3 Å². The number of nitrogens with zero attached hydrogens (tertiary/aromatic N) is 3. The van der Waals surface area contributed by atoms with Gasteiger partial charge in [0, 0.05) is 0 Å². The van der Waals surface area contributed by atoms with Crippen LogP contribution in [0.15, 0.2) is 12.5 Å². The molecule has 0 bridgehead atoms. The average Bonchev–Trinajstić information content (AvgIpc) is 2.47. The van der Waals surface area contributed by atoms with Crippen molar-refractivity contribution in [2.45, 2.75) is 3.79 Å². The topological polar surface area (TPSA) is 54.5 Å². The van der Waals surface area contributed by atoms with Crippen LogP contribution in [0.5, 0.6) is 0 Å². The van der Waals surface area contributed by atoms with Gasteiger partial charge in [-0.1, -0.05) is 34.8 Å². The summed E-state index contributed by atoms with van der Waals surface area (Å²) in [6, 6.07) is 0. The van der Waals surface area contributed by atoms with Gasteiger partial charge in [-0.3, -0.25) is 0 Å². The number of H-pyrrole nitrogens is 1. The van der Waals surface area contributed by atoms with E-state index in [1.54, 1.807) is 0 Å². The summed E-state index contributed by atoms with van der Waals surface area (Å²) in [6.07, 6.45) is 3.00. The Labute approximate surface area is 88.3 Å². The van der Waals surface area contributed by atoms with E-state index < -0.39 is 3.79 Å². The van der Waals surface area contributed by atoms with Crippen molar-refractivity contribution < 1.29 is 0 Å². The summed E-state index contributed by atoms with van der Waals surface area (Å²) in [4.78, 5) is 14.6. The third kappa shape index (κ3) is 1.70. The Morgan fingerprint density at radius 1 is 1.23 bits per heavy atom. The van der Waals surface area contributed by atoms with Crippen LogP contribution < -0.4 is 0 Å². The molecule has 2 heterocycles. The molecule has 1 N–H and O–H groups in total. The molecule has 2 aromatic heterocycles. The summed E-state index contributed by atoms with van der Waals surface area (Å²) in [5.41, 5.74) is 1.19. The SMILES string of the molecule is ClC(Cl)(Cl)c1ncc2nc[nH]c2n1. The number of aromatic nitrogens is 4. The maximum absolute atomic E-state index is 5.60. The lowest BCUT2D eigenvalue weighted by Crippen LogP contribution is -2.06. The lowest BCUT2D eigenvalue weighted by atomic mass is 10.5. The van der Waals surface area contributed by atoms with Crippen molar-refractivity contribution in [3.8, 4) is 0 Å². The molecule has 0 saturated heterocycles. The fourth-order valence-corrected chi connectivity index (χ4v) is 1.15. The zero-order valence-electron chi connectivity index (χ0n) is 6.13. The zero-order chi connectivity index (χ0) is 9.47. The van der Waals surface area contributed by atoms with Crippen LogP contribution in [0.4, 0.5) is 0 Å². The number of rotatable bonds is 0. The summed E-state index contributed by atoms with van der Waals surface area (Å²) in [5.74, 6) is 0.134. The molecular formula is C6H3Cl3N4. The highest BCUT2D eigenvalue weighted by Gasteiger charge is 2.26. The Kier molecular flexibility index (Phi) is 2.06. The molecule has 0 aliphatic rings. The molecule has 0 aliphatic heterocycles. The van der Waals surface area contributed by atoms with Gasteiger partial charge in [0.05, 0.1) is 12.5 Å². The molecule has 0 radical (unpaired) electrons. The zero-order valence-corrected chi connectivity index (χ0v) is 8.40. The number of hydrogen-bond donors (Lipinski definition) is 1. The summed E-state index contributed by atoms with van der Waals surface area (Å²) >= 11 is 16.8. The molecule has 2 aromatic rings. The number of nitrogens with one attached hydrogen (secondary N) is 1. The summed E-state index contributed by atoms with van der Waals surface area (Å²) in [5, 5.41) is 0. The van der Waals surface area contributed by atoms with Crippen LogP contribution >= 0.6 is 34.8 Å². The van der Waals surface area contributed by atoms with E-state index in [4.69, 9.17) is 34.8 Å². The highest BCUT2D eigenvalue weighted by Crippen LogP contribution is 2.35. The van der Waals surface area contributed by atoms with Gasteiger partial charge < -0.3 is 4.98 Å². The van der Waals surface area contributed by atoms with Crippen LogP contribution in [-0.4, -0.2) is 19.9 Å². The summed E-state index contributed by atoms with van der Waals surface area (Å²) < 4.78 is -1.60. The molecule has 0 aromatic carbocycles. The minimum absolute atomic E-state index is 0.134. The molecule has 0 unspecified atom stereocenters. The molecular weight excluding hydrogens is 234 g/mol. The Bertz CT molecular complexity index is 433. The molecule has 0 spiro atoms. The molecule has 68 valence electrons. The highest BCUT2D eigenvalue weighted by molar-refractivity contribution is 6.66. The third-order valence-corrected chi connectivity index (χ3v) is 1.93. The molecule has 4 nitrogen and oxygen atoms in total. The van der Waals surface area contributed by atoms with Gasteiger partial charge in [-0.15, -0.1) is 0 Å².